The summed E-state index contributed by atoms with van der Waals surface area (Å²) in [5.41, 5.74) is 9.86. The van der Waals surface area contributed by atoms with Gasteiger partial charge in [-0.15, -0.1) is 0 Å². The lowest BCUT2D eigenvalue weighted by Gasteiger charge is -2.09. The van der Waals surface area contributed by atoms with Gasteiger partial charge in [-0.2, -0.15) is 0 Å². The molecule has 0 bridgehead atoms. The molecule has 0 spiro atoms. The Hall–Kier alpha value is -2.29. The van der Waals surface area contributed by atoms with E-state index in [9.17, 15) is 4.79 Å². The first kappa shape index (κ1) is 12.2. The summed E-state index contributed by atoms with van der Waals surface area (Å²) in [5.74, 6) is -0.122. The predicted octanol–water partition coefficient (Wildman–Crippen LogP) is 3.14. The Bertz CT molecular complexity index is 574. The van der Waals surface area contributed by atoms with Gasteiger partial charge in [0, 0.05) is 16.9 Å². The van der Waals surface area contributed by atoms with E-state index in [2.05, 4.69) is 5.32 Å². The Balaban J connectivity index is 2.21. The average Bonchev–Trinajstić information content (AvgIpc) is 2.34. The van der Waals surface area contributed by atoms with Gasteiger partial charge in [-0.3, -0.25) is 4.79 Å². The van der Waals surface area contributed by atoms with Crippen LogP contribution in [0.4, 0.5) is 11.4 Å². The second-order valence-corrected chi connectivity index (χ2v) is 4.39. The quantitative estimate of drug-likeness (QED) is 0.792. The lowest BCUT2D eigenvalue weighted by atomic mass is 10.1. The van der Waals surface area contributed by atoms with E-state index in [1.54, 1.807) is 6.07 Å². The van der Waals surface area contributed by atoms with Crippen molar-refractivity contribution in [2.75, 3.05) is 11.1 Å². The van der Waals surface area contributed by atoms with Crippen LogP contribution in [0.1, 0.15) is 21.5 Å². The average molecular weight is 240 g/mol. The molecule has 0 unspecified atom stereocenters. The standard InChI is InChI=1S/C15H16N2O/c1-10-3-6-12(7-4-10)15(18)17-14-9-13(16)8-5-11(14)2/h3-9H,16H2,1-2H3,(H,17,18). The van der Waals surface area contributed by atoms with Crippen LogP contribution in [-0.4, -0.2) is 5.91 Å². The molecule has 92 valence electrons. The number of benzene rings is 2. The minimum atomic E-state index is -0.122. The summed E-state index contributed by atoms with van der Waals surface area (Å²) in [6.45, 7) is 3.92. The molecule has 3 heteroatoms. The fraction of sp³-hybridized carbons (Fsp3) is 0.133. The molecular formula is C15H16N2O. The number of nitrogens with two attached hydrogens (primary N) is 1. The number of hydrogen-bond donors (Lipinski definition) is 2. The van der Waals surface area contributed by atoms with Crippen LogP contribution in [0, 0.1) is 13.8 Å². The molecule has 3 nitrogen and oxygen atoms in total. The topological polar surface area (TPSA) is 55.1 Å². The molecule has 2 rings (SSSR count). The Morgan fingerprint density at radius 3 is 2.39 bits per heavy atom. The number of carbonyl (C=O) groups excluding carboxylic acids is 1. The summed E-state index contributed by atoms with van der Waals surface area (Å²) in [4.78, 5) is 12.0. The van der Waals surface area contributed by atoms with Crippen molar-refractivity contribution >= 4 is 17.3 Å². The van der Waals surface area contributed by atoms with Crippen molar-refractivity contribution in [2.45, 2.75) is 13.8 Å². The number of rotatable bonds is 2. The lowest BCUT2D eigenvalue weighted by Crippen LogP contribution is -2.12. The van der Waals surface area contributed by atoms with Crippen molar-refractivity contribution in [3.63, 3.8) is 0 Å². The van der Waals surface area contributed by atoms with Gasteiger partial charge < -0.3 is 11.1 Å². The van der Waals surface area contributed by atoms with Crippen LogP contribution >= 0.6 is 0 Å². The van der Waals surface area contributed by atoms with Crippen LogP contribution in [0.15, 0.2) is 42.5 Å². The zero-order valence-electron chi connectivity index (χ0n) is 10.5. The van der Waals surface area contributed by atoms with Crippen LogP contribution < -0.4 is 11.1 Å². The molecule has 0 aromatic heterocycles. The van der Waals surface area contributed by atoms with E-state index in [-0.39, 0.29) is 5.91 Å². The molecule has 0 fully saturated rings. The van der Waals surface area contributed by atoms with Crippen LogP contribution in [-0.2, 0) is 0 Å². The van der Waals surface area contributed by atoms with Crippen molar-refractivity contribution < 1.29 is 4.79 Å². The zero-order valence-corrected chi connectivity index (χ0v) is 10.5. The molecule has 0 aliphatic rings. The fourth-order valence-corrected chi connectivity index (χ4v) is 1.67. The third-order valence-corrected chi connectivity index (χ3v) is 2.82. The maximum atomic E-state index is 12.0. The number of anilines is 2. The largest absolute Gasteiger partial charge is 0.399 e. The highest BCUT2D eigenvalue weighted by Crippen LogP contribution is 2.19. The van der Waals surface area contributed by atoms with Crippen molar-refractivity contribution in [3.8, 4) is 0 Å². The summed E-state index contributed by atoms with van der Waals surface area (Å²) < 4.78 is 0. The van der Waals surface area contributed by atoms with Gasteiger partial charge in [0.2, 0.25) is 0 Å². The van der Waals surface area contributed by atoms with Gasteiger partial charge in [0.15, 0.2) is 0 Å². The van der Waals surface area contributed by atoms with Crippen LogP contribution in [0.2, 0.25) is 0 Å². The molecule has 3 N–H and O–H groups in total. The Labute approximate surface area is 107 Å². The number of carbonyl (C=O) groups is 1. The number of hydrogen-bond acceptors (Lipinski definition) is 2. The second kappa shape index (κ2) is 4.92. The van der Waals surface area contributed by atoms with Gasteiger partial charge >= 0.3 is 0 Å². The molecule has 18 heavy (non-hydrogen) atoms. The molecule has 0 radical (unpaired) electrons. The molecule has 2 aromatic carbocycles. The SMILES string of the molecule is Cc1ccc(C(=O)Nc2cc(N)ccc2C)cc1. The Morgan fingerprint density at radius 2 is 1.72 bits per heavy atom. The smallest absolute Gasteiger partial charge is 0.255 e. The number of nitrogens with one attached hydrogen (secondary N) is 1. The summed E-state index contributed by atoms with van der Waals surface area (Å²) in [6, 6.07) is 12.9. The normalized spacial score (nSPS) is 10.1. The van der Waals surface area contributed by atoms with Crippen molar-refractivity contribution in [1.82, 2.24) is 0 Å². The van der Waals surface area contributed by atoms with E-state index in [1.165, 1.54) is 0 Å². The van der Waals surface area contributed by atoms with E-state index < -0.39 is 0 Å². The molecule has 0 saturated carbocycles. The molecule has 0 atom stereocenters. The maximum absolute atomic E-state index is 12.0. The van der Waals surface area contributed by atoms with Crippen LogP contribution in [0.25, 0.3) is 0 Å². The summed E-state index contributed by atoms with van der Waals surface area (Å²) in [6.07, 6.45) is 0. The molecular weight excluding hydrogens is 224 g/mol. The minimum Gasteiger partial charge on any atom is -0.399 e. The van der Waals surface area contributed by atoms with E-state index in [4.69, 9.17) is 5.73 Å². The maximum Gasteiger partial charge on any atom is 0.255 e. The van der Waals surface area contributed by atoms with Crippen LogP contribution in [0.3, 0.4) is 0 Å². The Kier molecular flexibility index (Phi) is 3.33. The van der Waals surface area contributed by atoms with Gasteiger partial charge in [-0.1, -0.05) is 23.8 Å². The predicted molar refractivity (Wildman–Crippen MR) is 74.7 cm³/mol. The van der Waals surface area contributed by atoms with Gasteiger partial charge in [-0.25, -0.2) is 0 Å². The molecule has 1 amide bonds. The van der Waals surface area contributed by atoms with Crippen LogP contribution in [0.5, 0.6) is 0 Å². The highest BCUT2D eigenvalue weighted by Gasteiger charge is 2.07. The first-order valence-electron chi connectivity index (χ1n) is 5.80. The highest BCUT2D eigenvalue weighted by molar-refractivity contribution is 6.04. The van der Waals surface area contributed by atoms with Gasteiger partial charge in [0.05, 0.1) is 0 Å². The molecule has 0 heterocycles. The van der Waals surface area contributed by atoms with Gasteiger partial charge in [0.1, 0.15) is 0 Å². The highest BCUT2D eigenvalue weighted by atomic mass is 16.1. The molecule has 0 saturated heterocycles. The van der Waals surface area contributed by atoms with Crippen molar-refractivity contribution in [2.24, 2.45) is 0 Å². The first-order chi connectivity index (χ1) is 8.56. The lowest BCUT2D eigenvalue weighted by molar-refractivity contribution is 0.102. The van der Waals surface area contributed by atoms with Crippen molar-refractivity contribution in [1.29, 1.82) is 0 Å². The minimum absolute atomic E-state index is 0.122. The van der Waals surface area contributed by atoms with Gasteiger partial charge in [0.25, 0.3) is 5.91 Å². The summed E-state index contributed by atoms with van der Waals surface area (Å²) in [5, 5.41) is 2.87. The van der Waals surface area contributed by atoms with E-state index >= 15 is 0 Å². The number of nitrogen functional groups attached to an aromatic ring is 1. The second-order valence-electron chi connectivity index (χ2n) is 4.39. The summed E-state index contributed by atoms with van der Waals surface area (Å²) >= 11 is 0. The zero-order chi connectivity index (χ0) is 13.1. The van der Waals surface area contributed by atoms with Gasteiger partial charge in [-0.05, 0) is 43.7 Å². The third kappa shape index (κ3) is 2.69. The van der Waals surface area contributed by atoms with E-state index in [0.29, 0.717) is 11.3 Å². The Morgan fingerprint density at radius 1 is 1.06 bits per heavy atom. The molecule has 0 aliphatic heterocycles. The van der Waals surface area contributed by atoms with E-state index in [0.717, 1.165) is 16.8 Å². The fourth-order valence-electron chi connectivity index (χ4n) is 1.67. The number of aryl methyl sites for hydroxylation is 2. The number of amides is 1. The van der Waals surface area contributed by atoms with Crippen molar-refractivity contribution in [3.05, 3.63) is 59.2 Å². The third-order valence-electron chi connectivity index (χ3n) is 2.82. The van der Waals surface area contributed by atoms with E-state index in [1.807, 2.05) is 50.2 Å². The first-order valence-corrected chi connectivity index (χ1v) is 5.80. The summed E-state index contributed by atoms with van der Waals surface area (Å²) in [7, 11) is 0. The molecule has 0 aliphatic carbocycles. The molecule has 2 aromatic rings. The monoisotopic (exact) mass is 240 g/mol.